The Balaban J connectivity index is 2.39. The molecule has 3 atom stereocenters. The zero-order chi connectivity index (χ0) is 12.0. The molecule has 4 nitrogen and oxygen atoms in total. The third-order valence-electron chi connectivity index (χ3n) is 3.68. The van der Waals surface area contributed by atoms with Crippen LogP contribution in [0.3, 0.4) is 0 Å². The van der Waals surface area contributed by atoms with Crippen molar-refractivity contribution in [1.82, 2.24) is 5.43 Å². The number of unbranched alkanes of at least 4 members (excludes halogenated alkanes) is 2. The Morgan fingerprint density at radius 3 is 2.81 bits per heavy atom. The van der Waals surface area contributed by atoms with Crippen molar-refractivity contribution in [1.29, 1.82) is 0 Å². The van der Waals surface area contributed by atoms with Gasteiger partial charge in [0.15, 0.2) is 0 Å². The third kappa shape index (κ3) is 3.76. The fraction of sp³-hybridized carbons (Fsp3) is 0.917. The normalized spacial score (nSPS) is 29.3. The summed E-state index contributed by atoms with van der Waals surface area (Å²) in [7, 11) is 0. The Kier molecular flexibility index (Phi) is 5.77. The molecule has 16 heavy (non-hydrogen) atoms. The second-order valence-electron chi connectivity index (χ2n) is 4.84. The number of nitrogens with two attached hydrogens (primary N) is 1. The molecule has 1 rings (SSSR count). The first-order chi connectivity index (χ1) is 7.69. The molecule has 0 spiro atoms. The van der Waals surface area contributed by atoms with Crippen molar-refractivity contribution in [3.63, 3.8) is 0 Å². The SMILES string of the molecule is CCCCC[C@@H]1[C@@H](CC(=O)NN)CC[C@H]1O. The van der Waals surface area contributed by atoms with Crippen LogP contribution in [0.4, 0.5) is 0 Å². The fourth-order valence-corrected chi connectivity index (χ4v) is 2.74. The molecule has 0 saturated heterocycles. The van der Waals surface area contributed by atoms with Crippen molar-refractivity contribution in [3.05, 3.63) is 0 Å². The summed E-state index contributed by atoms with van der Waals surface area (Å²) in [6.07, 6.45) is 6.62. The Morgan fingerprint density at radius 1 is 1.44 bits per heavy atom. The van der Waals surface area contributed by atoms with Crippen LogP contribution in [0.2, 0.25) is 0 Å². The molecule has 4 N–H and O–H groups in total. The molecular weight excluding hydrogens is 204 g/mol. The summed E-state index contributed by atoms with van der Waals surface area (Å²) in [6.45, 7) is 2.17. The van der Waals surface area contributed by atoms with Crippen molar-refractivity contribution in [2.24, 2.45) is 17.7 Å². The van der Waals surface area contributed by atoms with Gasteiger partial charge in [-0.2, -0.15) is 0 Å². The third-order valence-corrected chi connectivity index (χ3v) is 3.68. The van der Waals surface area contributed by atoms with Gasteiger partial charge in [0.25, 0.3) is 0 Å². The van der Waals surface area contributed by atoms with Gasteiger partial charge in [-0.25, -0.2) is 5.84 Å². The summed E-state index contributed by atoms with van der Waals surface area (Å²) >= 11 is 0. The highest BCUT2D eigenvalue weighted by Crippen LogP contribution is 2.37. The van der Waals surface area contributed by atoms with Gasteiger partial charge in [-0.15, -0.1) is 0 Å². The average Bonchev–Trinajstić information content (AvgIpc) is 2.61. The number of hydrogen-bond donors (Lipinski definition) is 3. The average molecular weight is 228 g/mol. The predicted molar refractivity (Wildman–Crippen MR) is 63.3 cm³/mol. The molecular formula is C12H24N2O2. The van der Waals surface area contributed by atoms with Crippen LogP contribution in [-0.4, -0.2) is 17.1 Å². The van der Waals surface area contributed by atoms with Gasteiger partial charge in [-0.1, -0.05) is 26.2 Å². The number of hydrogen-bond acceptors (Lipinski definition) is 3. The van der Waals surface area contributed by atoms with Crippen LogP contribution in [0.25, 0.3) is 0 Å². The minimum absolute atomic E-state index is 0.111. The van der Waals surface area contributed by atoms with Crippen LogP contribution in [0.15, 0.2) is 0 Å². The molecule has 0 bridgehead atoms. The second kappa shape index (κ2) is 6.86. The number of carbonyl (C=O) groups excluding carboxylic acids is 1. The first-order valence-corrected chi connectivity index (χ1v) is 6.36. The number of rotatable bonds is 6. The van der Waals surface area contributed by atoms with Gasteiger partial charge in [-0.3, -0.25) is 10.2 Å². The van der Waals surface area contributed by atoms with Crippen molar-refractivity contribution >= 4 is 5.91 Å². The van der Waals surface area contributed by atoms with E-state index in [0.717, 1.165) is 25.7 Å². The van der Waals surface area contributed by atoms with E-state index >= 15 is 0 Å². The number of aliphatic hydroxyl groups excluding tert-OH is 1. The lowest BCUT2D eigenvalue weighted by Gasteiger charge is -2.21. The number of amides is 1. The van der Waals surface area contributed by atoms with E-state index in [0.29, 0.717) is 18.3 Å². The molecule has 1 aliphatic carbocycles. The van der Waals surface area contributed by atoms with Crippen LogP contribution >= 0.6 is 0 Å². The number of hydrazine groups is 1. The molecule has 0 aromatic rings. The smallest absolute Gasteiger partial charge is 0.234 e. The fourth-order valence-electron chi connectivity index (χ4n) is 2.74. The van der Waals surface area contributed by atoms with E-state index < -0.39 is 0 Å². The van der Waals surface area contributed by atoms with Crippen LogP contribution in [0, 0.1) is 11.8 Å². The van der Waals surface area contributed by atoms with Gasteiger partial charge >= 0.3 is 0 Å². The van der Waals surface area contributed by atoms with Crippen molar-refractivity contribution in [3.8, 4) is 0 Å². The highest BCUT2D eigenvalue weighted by molar-refractivity contribution is 5.75. The topological polar surface area (TPSA) is 75.4 Å². The summed E-state index contributed by atoms with van der Waals surface area (Å²) in [5.41, 5.74) is 2.17. The minimum atomic E-state index is -0.215. The van der Waals surface area contributed by atoms with Gasteiger partial charge in [0.1, 0.15) is 0 Å². The highest BCUT2D eigenvalue weighted by Gasteiger charge is 2.35. The van der Waals surface area contributed by atoms with E-state index in [9.17, 15) is 9.90 Å². The molecule has 0 aromatic heterocycles. The maximum absolute atomic E-state index is 11.2. The van der Waals surface area contributed by atoms with Gasteiger partial charge in [0, 0.05) is 6.42 Å². The lowest BCUT2D eigenvalue weighted by atomic mass is 9.87. The summed E-state index contributed by atoms with van der Waals surface area (Å²) in [5.74, 6) is 5.59. The lowest BCUT2D eigenvalue weighted by Crippen LogP contribution is -2.33. The zero-order valence-corrected chi connectivity index (χ0v) is 10.1. The first kappa shape index (κ1) is 13.5. The van der Waals surface area contributed by atoms with Gasteiger partial charge in [0.05, 0.1) is 6.10 Å². The second-order valence-corrected chi connectivity index (χ2v) is 4.84. The molecule has 0 heterocycles. The largest absolute Gasteiger partial charge is 0.393 e. The monoisotopic (exact) mass is 228 g/mol. The molecule has 1 amide bonds. The van der Waals surface area contributed by atoms with Gasteiger partial charge in [-0.05, 0) is 31.1 Å². The summed E-state index contributed by atoms with van der Waals surface area (Å²) < 4.78 is 0. The summed E-state index contributed by atoms with van der Waals surface area (Å²) in [5, 5.41) is 9.88. The van der Waals surface area contributed by atoms with Crippen molar-refractivity contribution in [2.75, 3.05) is 0 Å². The molecule has 0 radical (unpaired) electrons. The van der Waals surface area contributed by atoms with Crippen molar-refractivity contribution < 1.29 is 9.90 Å². The minimum Gasteiger partial charge on any atom is -0.393 e. The molecule has 0 aromatic carbocycles. The quantitative estimate of drug-likeness (QED) is 0.278. The molecule has 1 saturated carbocycles. The van der Waals surface area contributed by atoms with Gasteiger partial charge in [0.2, 0.25) is 5.91 Å². The molecule has 4 heteroatoms. The Morgan fingerprint density at radius 2 is 2.19 bits per heavy atom. The Bertz CT molecular complexity index is 221. The molecule has 0 unspecified atom stereocenters. The summed E-state index contributed by atoms with van der Waals surface area (Å²) in [4.78, 5) is 11.2. The molecule has 1 aliphatic rings. The maximum Gasteiger partial charge on any atom is 0.234 e. The van der Waals surface area contributed by atoms with E-state index in [1.165, 1.54) is 12.8 Å². The standard InChI is InChI=1S/C12H24N2O2/c1-2-3-4-5-10-9(6-7-11(10)15)8-12(16)14-13/h9-11,15H,2-8,13H2,1H3,(H,14,16)/t9-,10-,11-/m1/s1. The highest BCUT2D eigenvalue weighted by atomic mass is 16.3. The summed E-state index contributed by atoms with van der Waals surface area (Å²) in [6, 6.07) is 0. The van der Waals surface area contributed by atoms with Gasteiger partial charge < -0.3 is 5.11 Å². The van der Waals surface area contributed by atoms with E-state index in [1.807, 2.05) is 0 Å². The van der Waals surface area contributed by atoms with E-state index in [1.54, 1.807) is 0 Å². The van der Waals surface area contributed by atoms with Crippen LogP contribution in [0.1, 0.15) is 51.9 Å². The number of carbonyl (C=O) groups is 1. The molecule has 1 fully saturated rings. The Hall–Kier alpha value is -0.610. The number of nitrogens with one attached hydrogen (secondary N) is 1. The Labute approximate surface area is 97.6 Å². The predicted octanol–water partition coefficient (Wildman–Crippen LogP) is 1.33. The molecule has 0 aliphatic heterocycles. The molecule has 94 valence electrons. The van der Waals surface area contributed by atoms with E-state index in [2.05, 4.69) is 12.3 Å². The van der Waals surface area contributed by atoms with Crippen molar-refractivity contribution in [2.45, 2.75) is 58.0 Å². The van der Waals surface area contributed by atoms with Crippen LogP contribution in [-0.2, 0) is 4.79 Å². The first-order valence-electron chi connectivity index (χ1n) is 6.36. The zero-order valence-electron chi connectivity index (χ0n) is 10.1. The van der Waals surface area contributed by atoms with E-state index in [4.69, 9.17) is 5.84 Å². The van der Waals surface area contributed by atoms with E-state index in [-0.39, 0.29) is 12.0 Å². The lowest BCUT2D eigenvalue weighted by molar-refractivity contribution is -0.122. The maximum atomic E-state index is 11.2. The van der Waals surface area contributed by atoms with Crippen LogP contribution < -0.4 is 11.3 Å². The number of aliphatic hydroxyl groups is 1. The van der Waals surface area contributed by atoms with Crippen LogP contribution in [0.5, 0.6) is 0 Å².